The van der Waals surface area contributed by atoms with E-state index in [-0.39, 0.29) is 5.91 Å². The van der Waals surface area contributed by atoms with Gasteiger partial charge < -0.3 is 15.4 Å². The summed E-state index contributed by atoms with van der Waals surface area (Å²) in [6.07, 6.45) is 2.40. The standard InChI is InChI=1S/C23H23N3O3/c1-4-16-8-5-7-15(2)21(16)26-22(27)17-11-12-24-20(14-17)25-19-10-6-9-18(13-19)23(28)29-3/h5-14H,4H2,1-3H3,(H,24,25)(H,26,27). The molecule has 1 heterocycles. The fraction of sp³-hybridized carbons (Fsp3) is 0.174. The largest absolute Gasteiger partial charge is 0.465 e. The number of anilines is 3. The second-order valence-corrected chi connectivity index (χ2v) is 6.54. The average Bonchev–Trinajstić information content (AvgIpc) is 2.74. The summed E-state index contributed by atoms with van der Waals surface area (Å²) >= 11 is 0. The SMILES string of the molecule is CCc1cccc(C)c1NC(=O)c1ccnc(Nc2cccc(C(=O)OC)c2)c1. The molecule has 6 heteroatoms. The van der Waals surface area contributed by atoms with Gasteiger partial charge in [0.15, 0.2) is 0 Å². The Kier molecular flexibility index (Phi) is 6.24. The van der Waals surface area contributed by atoms with E-state index in [0.717, 1.165) is 23.2 Å². The number of carbonyl (C=O) groups is 2. The van der Waals surface area contributed by atoms with Gasteiger partial charge in [-0.1, -0.05) is 31.2 Å². The van der Waals surface area contributed by atoms with Crippen LogP contribution >= 0.6 is 0 Å². The molecule has 0 bridgehead atoms. The highest BCUT2D eigenvalue weighted by molar-refractivity contribution is 6.05. The zero-order chi connectivity index (χ0) is 20.8. The molecule has 0 aliphatic rings. The second-order valence-electron chi connectivity index (χ2n) is 6.54. The van der Waals surface area contributed by atoms with Crippen molar-refractivity contribution in [3.63, 3.8) is 0 Å². The molecule has 0 aliphatic carbocycles. The first-order valence-corrected chi connectivity index (χ1v) is 9.33. The monoisotopic (exact) mass is 389 g/mol. The van der Waals surface area contributed by atoms with Crippen molar-refractivity contribution in [1.29, 1.82) is 0 Å². The zero-order valence-corrected chi connectivity index (χ0v) is 16.7. The number of rotatable bonds is 6. The van der Waals surface area contributed by atoms with Gasteiger partial charge in [-0.25, -0.2) is 9.78 Å². The van der Waals surface area contributed by atoms with Gasteiger partial charge in [0, 0.05) is 23.1 Å². The van der Waals surface area contributed by atoms with Crippen molar-refractivity contribution in [2.45, 2.75) is 20.3 Å². The van der Waals surface area contributed by atoms with Crippen LogP contribution in [0.15, 0.2) is 60.8 Å². The van der Waals surface area contributed by atoms with Crippen LogP contribution < -0.4 is 10.6 Å². The van der Waals surface area contributed by atoms with E-state index in [4.69, 9.17) is 4.74 Å². The number of amides is 1. The van der Waals surface area contributed by atoms with Crippen LogP contribution in [0.25, 0.3) is 0 Å². The lowest BCUT2D eigenvalue weighted by molar-refractivity contribution is 0.0600. The van der Waals surface area contributed by atoms with Crippen molar-refractivity contribution in [1.82, 2.24) is 4.98 Å². The Morgan fingerprint density at radius 1 is 1.03 bits per heavy atom. The molecule has 0 atom stereocenters. The molecule has 6 nitrogen and oxygen atoms in total. The smallest absolute Gasteiger partial charge is 0.337 e. The number of benzene rings is 2. The third kappa shape index (κ3) is 4.79. The van der Waals surface area contributed by atoms with Crippen LogP contribution in [-0.4, -0.2) is 24.0 Å². The summed E-state index contributed by atoms with van der Waals surface area (Å²) in [7, 11) is 1.34. The topological polar surface area (TPSA) is 80.3 Å². The summed E-state index contributed by atoms with van der Waals surface area (Å²) in [6.45, 7) is 4.03. The third-order valence-electron chi connectivity index (χ3n) is 4.56. The molecule has 0 saturated carbocycles. The Labute approximate surface area is 169 Å². The number of para-hydroxylation sites is 1. The van der Waals surface area contributed by atoms with Crippen LogP contribution in [0.5, 0.6) is 0 Å². The molecule has 0 saturated heterocycles. The van der Waals surface area contributed by atoms with Crippen LogP contribution in [0.3, 0.4) is 0 Å². The molecule has 0 fully saturated rings. The number of nitrogens with one attached hydrogen (secondary N) is 2. The second kappa shape index (κ2) is 9.01. The minimum absolute atomic E-state index is 0.206. The Morgan fingerprint density at radius 3 is 2.59 bits per heavy atom. The number of esters is 1. The molecule has 0 unspecified atom stereocenters. The van der Waals surface area contributed by atoms with Crippen molar-refractivity contribution in [3.05, 3.63) is 83.0 Å². The number of pyridine rings is 1. The lowest BCUT2D eigenvalue weighted by atomic mass is 10.1. The summed E-state index contributed by atoms with van der Waals surface area (Å²) in [4.78, 5) is 28.8. The summed E-state index contributed by atoms with van der Waals surface area (Å²) in [5.74, 6) is -0.123. The van der Waals surface area contributed by atoms with Crippen molar-refractivity contribution < 1.29 is 14.3 Å². The summed E-state index contributed by atoms with van der Waals surface area (Å²) in [5, 5.41) is 6.13. The van der Waals surface area contributed by atoms with Gasteiger partial charge in [0.2, 0.25) is 0 Å². The van der Waals surface area contributed by atoms with Gasteiger partial charge in [-0.2, -0.15) is 0 Å². The van der Waals surface area contributed by atoms with E-state index >= 15 is 0 Å². The highest BCUT2D eigenvalue weighted by atomic mass is 16.5. The molecule has 0 radical (unpaired) electrons. The first-order valence-electron chi connectivity index (χ1n) is 9.33. The van der Waals surface area contributed by atoms with E-state index in [2.05, 4.69) is 22.5 Å². The van der Waals surface area contributed by atoms with Crippen LogP contribution in [0.4, 0.5) is 17.2 Å². The van der Waals surface area contributed by atoms with Gasteiger partial charge in [-0.05, 0) is 54.8 Å². The molecule has 2 N–H and O–H groups in total. The number of hydrogen-bond donors (Lipinski definition) is 2. The maximum Gasteiger partial charge on any atom is 0.337 e. The lowest BCUT2D eigenvalue weighted by Crippen LogP contribution is -2.14. The molecule has 29 heavy (non-hydrogen) atoms. The number of nitrogens with zero attached hydrogens (tertiary/aromatic N) is 1. The van der Waals surface area contributed by atoms with Gasteiger partial charge in [0.1, 0.15) is 5.82 Å². The first kappa shape index (κ1) is 20.1. The Balaban J connectivity index is 1.80. The van der Waals surface area contributed by atoms with Crippen molar-refractivity contribution in [2.75, 3.05) is 17.7 Å². The lowest BCUT2D eigenvalue weighted by Gasteiger charge is -2.13. The van der Waals surface area contributed by atoms with E-state index < -0.39 is 5.97 Å². The third-order valence-corrected chi connectivity index (χ3v) is 4.56. The fourth-order valence-electron chi connectivity index (χ4n) is 3.02. The predicted molar refractivity (Wildman–Crippen MR) is 114 cm³/mol. The molecule has 2 aromatic carbocycles. The van der Waals surface area contributed by atoms with Crippen LogP contribution in [0.1, 0.15) is 38.8 Å². The Morgan fingerprint density at radius 2 is 1.83 bits per heavy atom. The molecule has 1 amide bonds. The summed E-state index contributed by atoms with van der Waals surface area (Å²) in [6, 6.07) is 16.2. The van der Waals surface area contributed by atoms with E-state index in [0.29, 0.717) is 22.6 Å². The molecule has 3 aromatic rings. The number of aryl methyl sites for hydroxylation is 2. The minimum Gasteiger partial charge on any atom is -0.465 e. The maximum atomic E-state index is 12.8. The van der Waals surface area contributed by atoms with E-state index in [1.165, 1.54) is 7.11 Å². The summed E-state index contributed by atoms with van der Waals surface area (Å²) < 4.78 is 4.74. The van der Waals surface area contributed by atoms with Crippen molar-refractivity contribution >= 4 is 29.1 Å². The highest BCUT2D eigenvalue weighted by Crippen LogP contribution is 2.23. The average molecular weight is 389 g/mol. The number of methoxy groups -OCH3 is 1. The fourth-order valence-corrected chi connectivity index (χ4v) is 3.02. The van der Waals surface area contributed by atoms with Gasteiger partial charge in [0.25, 0.3) is 5.91 Å². The van der Waals surface area contributed by atoms with Gasteiger partial charge in [0.05, 0.1) is 12.7 Å². The molecular weight excluding hydrogens is 366 g/mol. The number of aromatic nitrogens is 1. The van der Waals surface area contributed by atoms with Crippen LogP contribution in [0.2, 0.25) is 0 Å². The van der Waals surface area contributed by atoms with Gasteiger partial charge >= 0.3 is 5.97 Å². The summed E-state index contributed by atoms with van der Waals surface area (Å²) in [5.41, 5.74) is 4.53. The Hall–Kier alpha value is -3.67. The molecule has 0 spiro atoms. The normalized spacial score (nSPS) is 10.3. The molecule has 0 aliphatic heterocycles. The van der Waals surface area contributed by atoms with E-state index in [1.807, 2.05) is 31.2 Å². The molecule has 3 rings (SSSR count). The molecular formula is C23H23N3O3. The minimum atomic E-state index is -0.417. The van der Waals surface area contributed by atoms with Crippen LogP contribution in [-0.2, 0) is 11.2 Å². The first-order chi connectivity index (χ1) is 14.0. The van der Waals surface area contributed by atoms with Crippen LogP contribution in [0, 0.1) is 6.92 Å². The molecule has 1 aromatic heterocycles. The number of carbonyl (C=O) groups excluding carboxylic acids is 2. The predicted octanol–water partition coefficient (Wildman–Crippen LogP) is 4.73. The highest BCUT2D eigenvalue weighted by Gasteiger charge is 2.12. The van der Waals surface area contributed by atoms with E-state index in [1.54, 1.807) is 36.5 Å². The molecule has 148 valence electrons. The Bertz CT molecular complexity index is 1050. The quantitative estimate of drug-likeness (QED) is 0.596. The maximum absolute atomic E-state index is 12.8. The number of hydrogen-bond acceptors (Lipinski definition) is 5. The van der Waals surface area contributed by atoms with Gasteiger partial charge in [-0.3, -0.25) is 4.79 Å². The zero-order valence-electron chi connectivity index (χ0n) is 16.7. The number of ether oxygens (including phenoxy) is 1. The van der Waals surface area contributed by atoms with E-state index in [9.17, 15) is 9.59 Å². The van der Waals surface area contributed by atoms with Gasteiger partial charge in [-0.15, -0.1) is 0 Å². The van der Waals surface area contributed by atoms with Crippen molar-refractivity contribution in [3.8, 4) is 0 Å². The van der Waals surface area contributed by atoms with Crippen molar-refractivity contribution in [2.24, 2.45) is 0 Å².